The summed E-state index contributed by atoms with van der Waals surface area (Å²) in [7, 11) is 0. The van der Waals surface area contributed by atoms with Crippen LogP contribution in [0, 0.1) is 5.41 Å². The van der Waals surface area contributed by atoms with E-state index in [1.165, 1.54) is 19.3 Å². The molecule has 0 saturated heterocycles. The van der Waals surface area contributed by atoms with E-state index in [1.807, 2.05) is 6.92 Å². The first-order chi connectivity index (χ1) is 7.04. The highest BCUT2D eigenvalue weighted by Gasteiger charge is 2.45. The number of carbonyl (C=O) groups is 1. The largest absolute Gasteiger partial charge is 0.354 e. The maximum Gasteiger partial charge on any atom is 0.226 e. The Bertz CT molecular complexity index is 252. The Morgan fingerprint density at radius 1 is 1.20 bits per heavy atom. The summed E-state index contributed by atoms with van der Waals surface area (Å²) in [6.45, 7) is 2.70. The summed E-state index contributed by atoms with van der Waals surface area (Å²) < 4.78 is 0. The minimum absolute atomic E-state index is 0.0645. The standard InChI is InChI=1S/C12H22N2O/c1-11(7-8-11)10(15)14-9-12(13)5-3-2-4-6-12/h2-9,13H2,1H3,(H,14,15). The predicted octanol–water partition coefficient (Wildman–Crippen LogP) is 1.56. The lowest BCUT2D eigenvalue weighted by Gasteiger charge is -2.33. The van der Waals surface area contributed by atoms with Crippen LogP contribution in [0.5, 0.6) is 0 Å². The van der Waals surface area contributed by atoms with Crippen molar-refractivity contribution in [3.63, 3.8) is 0 Å². The van der Waals surface area contributed by atoms with Crippen molar-refractivity contribution in [2.75, 3.05) is 6.54 Å². The fraction of sp³-hybridized carbons (Fsp3) is 0.917. The Morgan fingerprint density at radius 3 is 2.33 bits per heavy atom. The minimum atomic E-state index is -0.126. The summed E-state index contributed by atoms with van der Waals surface area (Å²) in [5.74, 6) is 0.206. The molecule has 0 aromatic heterocycles. The third-order valence-corrected chi connectivity index (χ3v) is 4.00. The summed E-state index contributed by atoms with van der Waals surface area (Å²) in [4.78, 5) is 11.7. The molecular weight excluding hydrogens is 188 g/mol. The molecule has 0 aromatic rings. The number of rotatable bonds is 3. The zero-order valence-electron chi connectivity index (χ0n) is 9.64. The van der Waals surface area contributed by atoms with Crippen molar-refractivity contribution in [3.05, 3.63) is 0 Å². The summed E-state index contributed by atoms with van der Waals surface area (Å²) in [6.07, 6.45) is 7.92. The van der Waals surface area contributed by atoms with E-state index in [-0.39, 0.29) is 16.9 Å². The Balaban J connectivity index is 1.79. The van der Waals surface area contributed by atoms with Crippen molar-refractivity contribution < 1.29 is 4.79 Å². The van der Waals surface area contributed by atoms with E-state index in [1.54, 1.807) is 0 Å². The minimum Gasteiger partial charge on any atom is -0.354 e. The van der Waals surface area contributed by atoms with Crippen LogP contribution in [0.2, 0.25) is 0 Å². The SMILES string of the molecule is CC1(C(=O)NCC2(N)CCCCC2)CC1. The van der Waals surface area contributed by atoms with Gasteiger partial charge in [-0.2, -0.15) is 0 Å². The van der Waals surface area contributed by atoms with Gasteiger partial charge in [0.15, 0.2) is 0 Å². The maximum atomic E-state index is 11.7. The average molecular weight is 210 g/mol. The van der Waals surface area contributed by atoms with E-state index in [4.69, 9.17) is 5.73 Å². The van der Waals surface area contributed by atoms with Crippen molar-refractivity contribution in [1.29, 1.82) is 0 Å². The Labute approximate surface area is 91.8 Å². The molecule has 2 aliphatic rings. The summed E-state index contributed by atoms with van der Waals surface area (Å²) in [6, 6.07) is 0. The van der Waals surface area contributed by atoms with Gasteiger partial charge in [-0.3, -0.25) is 4.79 Å². The van der Waals surface area contributed by atoms with Gasteiger partial charge < -0.3 is 11.1 Å². The molecule has 0 heterocycles. The Morgan fingerprint density at radius 2 is 1.80 bits per heavy atom. The first-order valence-corrected chi connectivity index (χ1v) is 6.11. The molecule has 0 radical (unpaired) electrons. The molecule has 0 atom stereocenters. The molecule has 86 valence electrons. The second kappa shape index (κ2) is 3.78. The molecule has 0 aromatic carbocycles. The average Bonchev–Trinajstić information content (AvgIpc) is 2.96. The highest BCUT2D eigenvalue weighted by molar-refractivity contribution is 5.84. The van der Waals surface area contributed by atoms with Gasteiger partial charge in [0.25, 0.3) is 0 Å². The smallest absolute Gasteiger partial charge is 0.226 e. The lowest BCUT2D eigenvalue weighted by Crippen LogP contribution is -2.52. The number of nitrogens with one attached hydrogen (secondary N) is 1. The molecule has 2 saturated carbocycles. The first kappa shape index (κ1) is 10.9. The highest BCUT2D eigenvalue weighted by Crippen LogP contribution is 2.45. The second-order valence-electron chi connectivity index (χ2n) is 5.67. The van der Waals surface area contributed by atoms with Gasteiger partial charge in [0, 0.05) is 17.5 Å². The molecule has 15 heavy (non-hydrogen) atoms. The normalized spacial score (nSPS) is 27.1. The van der Waals surface area contributed by atoms with Crippen LogP contribution in [0.15, 0.2) is 0 Å². The van der Waals surface area contributed by atoms with Crippen LogP contribution in [-0.2, 0) is 4.79 Å². The summed E-state index contributed by atoms with van der Waals surface area (Å²) in [5, 5.41) is 3.03. The first-order valence-electron chi connectivity index (χ1n) is 6.11. The van der Waals surface area contributed by atoms with Crippen LogP contribution in [0.1, 0.15) is 51.9 Å². The molecule has 2 rings (SSSR count). The molecule has 3 N–H and O–H groups in total. The van der Waals surface area contributed by atoms with Crippen LogP contribution in [0.4, 0.5) is 0 Å². The topological polar surface area (TPSA) is 55.1 Å². The van der Waals surface area contributed by atoms with E-state index >= 15 is 0 Å². The quantitative estimate of drug-likeness (QED) is 0.743. The molecule has 3 heteroatoms. The van der Waals surface area contributed by atoms with Crippen LogP contribution >= 0.6 is 0 Å². The molecule has 2 aliphatic carbocycles. The van der Waals surface area contributed by atoms with Gasteiger partial charge in [0.2, 0.25) is 5.91 Å². The third-order valence-electron chi connectivity index (χ3n) is 4.00. The van der Waals surface area contributed by atoms with Gasteiger partial charge in [-0.1, -0.05) is 26.2 Å². The van der Waals surface area contributed by atoms with Gasteiger partial charge in [0.1, 0.15) is 0 Å². The summed E-state index contributed by atoms with van der Waals surface area (Å²) in [5.41, 5.74) is 6.07. The van der Waals surface area contributed by atoms with E-state index in [2.05, 4.69) is 5.32 Å². The molecule has 0 spiro atoms. The molecule has 0 bridgehead atoms. The van der Waals surface area contributed by atoms with E-state index < -0.39 is 0 Å². The molecule has 3 nitrogen and oxygen atoms in total. The lowest BCUT2D eigenvalue weighted by molar-refractivity contribution is -0.126. The number of amides is 1. The summed E-state index contributed by atoms with van der Waals surface area (Å²) >= 11 is 0. The van der Waals surface area contributed by atoms with Crippen molar-refractivity contribution in [2.45, 2.75) is 57.4 Å². The van der Waals surface area contributed by atoms with Crippen molar-refractivity contribution in [3.8, 4) is 0 Å². The Kier molecular flexibility index (Phi) is 2.75. The van der Waals surface area contributed by atoms with Crippen molar-refractivity contribution >= 4 is 5.91 Å². The number of hydrogen-bond donors (Lipinski definition) is 2. The second-order valence-corrected chi connectivity index (χ2v) is 5.67. The number of nitrogens with two attached hydrogens (primary N) is 1. The van der Waals surface area contributed by atoms with E-state index in [0.29, 0.717) is 6.54 Å². The third kappa shape index (κ3) is 2.51. The van der Waals surface area contributed by atoms with Gasteiger partial charge in [-0.05, 0) is 25.7 Å². The molecular formula is C12H22N2O. The highest BCUT2D eigenvalue weighted by atomic mass is 16.2. The van der Waals surface area contributed by atoms with Crippen molar-refractivity contribution in [1.82, 2.24) is 5.32 Å². The lowest BCUT2D eigenvalue weighted by atomic mass is 9.82. The van der Waals surface area contributed by atoms with Gasteiger partial charge >= 0.3 is 0 Å². The van der Waals surface area contributed by atoms with Gasteiger partial charge in [0.05, 0.1) is 0 Å². The van der Waals surface area contributed by atoms with Gasteiger partial charge in [-0.25, -0.2) is 0 Å². The van der Waals surface area contributed by atoms with Crippen LogP contribution < -0.4 is 11.1 Å². The maximum absolute atomic E-state index is 11.7. The number of hydrogen-bond acceptors (Lipinski definition) is 2. The molecule has 0 aliphatic heterocycles. The zero-order chi connectivity index (χ0) is 10.9. The number of carbonyl (C=O) groups excluding carboxylic acids is 1. The van der Waals surface area contributed by atoms with Crippen molar-refractivity contribution in [2.24, 2.45) is 11.1 Å². The fourth-order valence-corrected chi connectivity index (χ4v) is 2.32. The molecule has 1 amide bonds. The Hall–Kier alpha value is -0.570. The van der Waals surface area contributed by atoms with Gasteiger partial charge in [-0.15, -0.1) is 0 Å². The van der Waals surface area contributed by atoms with Crippen LogP contribution in [0.3, 0.4) is 0 Å². The monoisotopic (exact) mass is 210 g/mol. The van der Waals surface area contributed by atoms with E-state index in [9.17, 15) is 4.79 Å². The molecule has 0 unspecified atom stereocenters. The van der Waals surface area contributed by atoms with Crippen LogP contribution in [-0.4, -0.2) is 18.0 Å². The predicted molar refractivity (Wildman–Crippen MR) is 60.4 cm³/mol. The fourth-order valence-electron chi connectivity index (χ4n) is 2.32. The zero-order valence-corrected chi connectivity index (χ0v) is 9.64. The van der Waals surface area contributed by atoms with E-state index in [0.717, 1.165) is 25.7 Å². The molecule has 2 fully saturated rings. The van der Waals surface area contributed by atoms with Crippen LogP contribution in [0.25, 0.3) is 0 Å².